The molecule has 3 aromatic rings. The van der Waals surface area contributed by atoms with Gasteiger partial charge in [0.2, 0.25) is 11.6 Å². The Kier molecular flexibility index (Phi) is 6.37. The number of aryl methyl sites for hydroxylation is 2. The highest BCUT2D eigenvalue weighted by molar-refractivity contribution is 6.04. The second-order valence-corrected chi connectivity index (χ2v) is 7.01. The Morgan fingerprint density at radius 2 is 1.73 bits per heavy atom. The number of amides is 1. The molecule has 0 spiro atoms. The molecular formula is C23H25ClN2O4. The van der Waals surface area contributed by atoms with Gasteiger partial charge in [0.05, 0.1) is 38.0 Å². The SMILES string of the molecule is CCC(=O)Nc1c(OC)ccc2cc3[n+](cc12)CCc1cc(OC)c(OC)cc1-3.[Cl-]. The Labute approximate surface area is 182 Å². The van der Waals surface area contributed by atoms with E-state index in [2.05, 4.69) is 28.2 Å². The van der Waals surface area contributed by atoms with Gasteiger partial charge in [-0.1, -0.05) is 13.0 Å². The van der Waals surface area contributed by atoms with E-state index in [-0.39, 0.29) is 18.3 Å². The molecule has 1 N–H and O–H groups in total. The lowest BCUT2D eigenvalue weighted by molar-refractivity contribution is -0.686. The Morgan fingerprint density at radius 1 is 1.03 bits per heavy atom. The fraction of sp³-hybridized carbons (Fsp3) is 0.304. The summed E-state index contributed by atoms with van der Waals surface area (Å²) in [5.74, 6) is 2.07. The zero-order valence-corrected chi connectivity index (χ0v) is 18.3. The third-order valence-electron chi connectivity index (χ3n) is 5.44. The standard InChI is InChI=1S/C23H24N2O4.ClH/c1-5-22(26)24-23-17-13-25-9-8-15-11-20(28-3)21(29-4)12-16(15)18(25)10-14(17)6-7-19(23)27-2;/h6-7,10-13H,5,8-9H2,1-4H3;1H. The van der Waals surface area contributed by atoms with Gasteiger partial charge in [-0.15, -0.1) is 0 Å². The van der Waals surface area contributed by atoms with Crippen LogP contribution in [0.25, 0.3) is 22.0 Å². The number of pyridine rings is 1. The van der Waals surface area contributed by atoms with Crippen molar-refractivity contribution in [2.45, 2.75) is 26.3 Å². The maximum absolute atomic E-state index is 12.1. The minimum atomic E-state index is -0.0410. The minimum absolute atomic E-state index is 0. The quantitative estimate of drug-likeness (QED) is 0.609. The molecule has 0 aliphatic carbocycles. The van der Waals surface area contributed by atoms with E-state index in [1.165, 1.54) is 5.56 Å². The van der Waals surface area contributed by atoms with Gasteiger partial charge in [-0.2, -0.15) is 4.57 Å². The van der Waals surface area contributed by atoms with Crippen molar-refractivity contribution in [3.05, 3.63) is 42.1 Å². The topological polar surface area (TPSA) is 60.7 Å². The van der Waals surface area contributed by atoms with Gasteiger partial charge >= 0.3 is 0 Å². The van der Waals surface area contributed by atoms with E-state index in [9.17, 15) is 4.79 Å². The Morgan fingerprint density at radius 3 is 2.40 bits per heavy atom. The number of anilines is 1. The van der Waals surface area contributed by atoms with Gasteiger partial charge in [0, 0.05) is 18.9 Å². The van der Waals surface area contributed by atoms with Crippen molar-refractivity contribution in [1.29, 1.82) is 0 Å². The Balaban J connectivity index is 0.00000256. The van der Waals surface area contributed by atoms with Crippen molar-refractivity contribution in [3.8, 4) is 28.5 Å². The van der Waals surface area contributed by atoms with Gasteiger partial charge in [-0.25, -0.2) is 0 Å². The molecule has 0 atom stereocenters. The summed E-state index contributed by atoms with van der Waals surface area (Å²) in [6.45, 7) is 2.67. The van der Waals surface area contributed by atoms with Crippen molar-refractivity contribution in [3.63, 3.8) is 0 Å². The highest BCUT2D eigenvalue weighted by atomic mass is 35.5. The van der Waals surface area contributed by atoms with Crippen molar-refractivity contribution < 1.29 is 36.0 Å². The molecular weight excluding hydrogens is 404 g/mol. The molecule has 2 aromatic carbocycles. The first-order valence-electron chi connectivity index (χ1n) is 9.68. The summed E-state index contributed by atoms with van der Waals surface area (Å²) < 4.78 is 18.7. The molecule has 0 radical (unpaired) electrons. The number of aromatic nitrogens is 1. The molecule has 158 valence electrons. The van der Waals surface area contributed by atoms with Gasteiger partial charge in [0.25, 0.3) is 0 Å². The molecule has 1 aliphatic heterocycles. The van der Waals surface area contributed by atoms with Crippen LogP contribution >= 0.6 is 0 Å². The minimum Gasteiger partial charge on any atom is -1.00 e. The molecule has 0 fully saturated rings. The molecule has 1 amide bonds. The molecule has 7 heteroatoms. The summed E-state index contributed by atoms with van der Waals surface area (Å²) in [7, 11) is 4.92. The fourth-order valence-electron chi connectivity index (χ4n) is 3.89. The molecule has 2 heterocycles. The molecule has 1 aromatic heterocycles. The van der Waals surface area contributed by atoms with Gasteiger partial charge in [-0.3, -0.25) is 4.79 Å². The van der Waals surface area contributed by atoms with E-state index >= 15 is 0 Å². The molecule has 4 rings (SSSR count). The normalized spacial score (nSPS) is 11.7. The lowest BCUT2D eigenvalue weighted by atomic mass is 9.95. The fourth-order valence-corrected chi connectivity index (χ4v) is 3.89. The smallest absolute Gasteiger partial charge is 0.224 e. The van der Waals surface area contributed by atoms with Gasteiger partial charge in [-0.05, 0) is 29.1 Å². The molecule has 0 saturated carbocycles. The average Bonchev–Trinajstić information content (AvgIpc) is 2.76. The van der Waals surface area contributed by atoms with Crippen LogP contribution < -0.4 is 36.5 Å². The van der Waals surface area contributed by atoms with E-state index in [0.29, 0.717) is 23.6 Å². The molecule has 0 bridgehead atoms. The zero-order valence-electron chi connectivity index (χ0n) is 17.5. The second kappa shape index (κ2) is 8.79. The van der Waals surface area contributed by atoms with E-state index in [4.69, 9.17) is 14.2 Å². The maximum Gasteiger partial charge on any atom is 0.224 e. The Hall–Kier alpha value is -2.99. The first-order valence-corrected chi connectivity index (χ1v) is 9.68. The largest absolute Gasteiger partial charge is 1.00 e. The maximum atomic E-state index is 12.1. The third kappa shape index (κ3) is 3.63. The van der Waals surface area contributed by atoms with E-state index < -0.39 is 0 Å². The third-order valence-corrected chi connectivity index (χ3v) is 5.44. The van der Waals surface area contributed by atoms with Crippen LogP contribution in [-0.2, 0) is 17.8 Å². The van der Waals surface area contributed by atoms with Crippen LogP contribution in [0.4, 0.5) is 5.69 Å². The van der Waals surface area contributed by atoms with Crippen LogP contribution in [0.3, 0.4) is 0 Å². The summed E-state index contributed by atoms with van der Waals surface area (Å²) in [5.41, 5.74) is 4.18. The second-order valence-electron chi connectivity index (χ2n) is 7.01. The van der Waals surface area contributed by atoms with Crippen LogP contribution in [0.2, 0.25) is 0 Å². The lowest BCUT2D eigenvalue weighted by Crippen LogP contribution is -3.00. The summed E-state index contributed by atoms with van der Waals surface area (Å²) >= 11 is 0. The molecule has 0 saturated heterocycles. The van der Waals surface area contributed by atoms with Crippen LogP contribution in [0.1, 0.15) is 18.9 Å². The van der Waals surface area contributed by atoms with Gasteiger partial charge < -0.3 is 31.9 Å². The van der Waals surface area contributed by atoms with Crippen molar-refractivity contribution in [2.24, 2.45) is 0 Å². The highest BCUT2D eigenvalue weighted by Gasteiger charge is 2.27. The monoisotopic (exact) mass is 428 g/mol. The van der Waals surface area contributed by atoms with E-state index in [0.717, 1.165) is 40.7 Å². The van der Waals surface area contributed by atoms with E-state index in [1.807, 2.05) is 25.1 Å². The van der Waals surface area contributed by atoms with Crippen LogP contribution in [0.5, 0.6) is 17.2 Å². The number of halogens is 1. The van der Waals surface area contributed by atoms with Crippen LogP contribution in [-0.4, -0.2) is 27.2 Å². The number of fused-ring (bicyclic) bond motifs is 4. The van der Waals surface area contributed by atoms with E-state index in [1.54, 1.807) is 21.3 Å². The lowest BCUT2D eigenvalue weighted by Gasteiger charge is -2.19. The number of benzene rings is 2. The number of nitrogens with one attached hydrogen (secondary N) is 1. The average molecular weight is 429 g/mol. The molecule has 0 unspecified atom stereocenters. The number of hydrogen-bond acceptors (Lipinski definition) is 4. The van der Waals surface area contributed by atoms with Crippen molar-refractivity contribution in [2.75, 3.05) is 26.6 Å². The summed E-state index contributed by atoms with van der Waals surface area (Å²) in [6.07, 6.45) is 3.39. The number of ether oxygens (including phenoxy) is 3. The van der Waals surface area contributed by atoms with Crippen molar-refractivity contribution >= 4 is 22.4 Å². The summed E-state index contributed by atoms with van der Waals surface area (Å²) in [6, 6.07) is 10.2. The molecule has 30 heavy (non-hydrogen) atoms. The molecule has 1 aliphatic rings. The number of carbonyl (C=O) groups is 1. The predicted octanol–water partition coefficient (Wildman–Crippen LogP) is 0.729. The van der Waals surface area contributed by atoms with Crippen LogP contribution in [0, 0.1) is 0 Å². The summed E-state index contributed by atoms with van der Waals surface area (Å²) in [5, 5.41) is 4.99. The zero-order chi connectivity index (χ0) is 20.5. The number of methoxy groups -OCH3 is 3. The van der Waals surface area contributed by atoms with Gasteiger partial charge in [0.1, 0.15) is 5.75 Å². The summed E-state index contributed by atoms with van der Waals surface area (Å²) in [4.78, 5) is 12.1. The number of hydrogen-bond donors (Lipinski definition) is 1. The van der Waals surface area contributed by atoms with Gasteiger partial charge in [0.15, 0.2) is 24.2 Å². The first-order chi connectivity index (χ1) is 14.1. The number of rotatable bonds is 5. The number of carbonyl (C=O) groups excluding carboxylic acids is 1. The van der Waals surface area contributed by atoms with Crippen LogP contribution in [0.15, 0.2) is 36.5 Å². The molecule has 6 nitrogen and oxygen atoms in total. The first kappa shape index (κ1) is 21.7. The highest BCUT2D eigenvalue weighted by Crippen LogP contribution is 2.39. The Bertz CT molecular complexity index is 1110. The van der Waals surface area contributed by atoms with Crippen molar-refractivity contribution in [1.82, 2.24) is 0 Å². The predicted molar refractivity (Wildman–Crippen MR) is 112 cm³/mol. The number of nitrogens with zero attached hydrogens (tertiary/aromatic N) is 1.